The molecule has 26 heavy (non-hydrogen) atoms. The molecular formula is C21H28Cl2N2O. The van der Waals surface area contributed by atoms with Crippen LogP contribution >= 0.6 is 24.0 Å². The molecule has 0 aliphatic heterocycles. The largest absolute Gasteiger partial charge is 0.492 e. The van der Waals surface area contributed by atoms with Crippen LogP contribution in [0.5, 0.6) is 5.75 Å². The van der Waals surface area contributed by atoms with E-state index in [1.165, 1.54) is 5.56 Å². The maximum atomic E-state index is 6.18. The van der Waals surface area contributed by atoms with Crippen molar-refractivity contribution in [1.29, 1.82) is 0 Å². The molecule has 5 heteroatoms. The summed E-state index contributed by atoms with van der Waals surface area (Å²) in [5.74, 6) is 0.927. The van der Waals surface area contributed by atoms with Crippen LogP contribution in [0.25, 0.3) is 0 Å². The second-order valence-electron chi connectivity index (χ2n) is 6.88. The Bertz CT molecular complexity index is 658. The van der Waals surface area contributed by atoms with E-state index < -0.39 is 0 Å². The van der Waals surface area contributed by atoms with Gasteiger partial charge in [0.15, 0.2) is 0 Å². The molecular weight excluding hydrogens is 367 g/mol. The van der Waals surface area contributed by atoms with Gasteiger partial charge in [-0.1, -0.05) is 41.9 Å². The van der Waals surface area contributed by atoms with Crippen LogP contribution in [0.4, 0.5) is 0 Å². The molecule has 1 aliphatic carbocycles. The lowest BCUT2D eigenvalue weighted by Gasteiger charge is -2.40. The van der Waals surface area contributed by atoms with E-state index in [1.807, 2.05) is 42.5 Å². The highest BCUT2D eigenvalue weighted by Crippen LogP contribution is 2.39. The Morgan fingerprint density at radius 2 is 1.81 bits per heavy atom. The number of para-hydroxylation sites is 1. The van der Waals surface area contributed by atoms with Gasteiger partial charge in [0.25, 0.3) is 0 Å². The van der Waals surface area contributed by atoms with E-state index in [9.17, 15) is 0 Å². The van der Waals surface area contributed by atoms with Crippen molar-refractivity contribution in [2.75, 3.05) is 19.7 Å². The average molecular weight is 395 g/mol. The number of nitrogens with two attached hydrogens (primary N) is 1. The van der Waals surface area contributed by atoms with Crippen LogP contribution in [-0.4, -0.2) is 25.7 Å². The monoisotopic (exact) mass is 394 g/mol. The van der Waals surface area contributed by atoms with Gasteiger partial charge in [0, 0.05) is 29.6 Å². The van der Waals surface area contributed by atoms with Gasteiger partial charge < -0.3 is 15.8 Å². The molecule has 1 aliphatic rings. The summed E-state index contributed by atoms with van der Waals surface area (Å²) < 4.78 is 5.74. The molecule has 142 valence electrons. The molecule has 0 heterocycles. The van der Waals surface area contributed by atoms with Crippen molar-refractivity contribution in [1.82, 2.24) is 5.32 Å². The smallest absolute Gasteiger partial charge is 0.119 e. The topological polar surface area (TPSA) is 47.3 Å². The Labute approximate surface area is 167 Å². The van der Waals surface area contributed by atoms with Gasteiger partial charge in [-0.05, 0) is 55.5 Å². The summed E-state index contributed by atoms with van der Waals surface area (Å²) in [4.78, 5) is 0. The van der Waals surface area contributed by atoms with Crippen molar-refractivity contribution in [2.45, 2.75) is 37.1 Å². The molecule has 0 aromatic heterocycles. The molecule has 3 nitrogen and oxygen atoms in total. The predicted molar refractivity (Wildman–Crippen MR) is 112 cm³/mol. The normalized spacial score (nSPS) is 22.5. The molecule has 2 aromatic carbocycles. The first-order valence-corrected chi connectivity index (χ1v) is 9.47. The minimum absolute atomic E-state index is 0. The molecule has 0 radical (unpaired) electrons. The van der Waals surface area contributed by atoms with Crippen LogP contribution in [0.2, 0.25) is 5.02 Å². The lowest BCUT2D eigenvalue weighted by Crippen LogP contribution is -2.44. The Morgan fingerprint density at radius 3 is 2.46 bits per heavy atom. The maximum absolute atomic E-state index is 6.18. The van der Waals surface area contributed by atoms with E-state index in [2.05, 4.69) is 17.4 Å². The minimum Gasteiger partial charge on any atom is -0.492 e. The summed E-state index contributed by atoms with van der Waals surface area (Å²) in [6.07, 6.45) is 4.46. The van der Waals surface area contributed by atoms with Gasteiger partial charge in [0.05, 0.1) is 0 Å². The molecule has 0 saturated heterocycles. The number of rotatable bonds is 7. The van der Waals surface area contributed by atoms with E-state index in [4.69, 9.17) is 22.1 Å². The van der Waals surface area contributed by atoms with Crippen molar-refractivity contribution in [3.63, 3.8) is 0 Å². The third kappa shape index (κ3) is 5.37. The van der Waals surface area contributed by atoms with Gasteiger partial charge in [-0.15, -0.1) is 12.4 Å². The second kappa shape index (κ2) is 10.2. The summed E-state index contributed by atoms with van der Waals surface area (Å²) in [6.45, 7) is 2.24. The van der Waals surface area contributed by atoms with Crippen LogP contribution in [0, 0.1) is 0 Å². The van der Waals surface area contributed by atoms with Gasteiger partial charge in [0.1, 0.15) is 12.4 Å². The molecule has 0 spiro atoms. The fraction of sp³-hybridized carbons (Fsp3) is 0.429. The third-order valence-electron chi connectivity index (χ3n) is 5.32. The third-order valence-corrected chi connectivity index (χ3v) is 5.55. The lowest BCUT2D eigenvalue weighted by atomic mass is 9.68. The standard InChI is InChI=1S/C21H27ClN2O.ClH/c22-18-6-4-5-17(15-18)21(16-23)11-9-19(10-12-21)24-13-14-25-20-7-2-1-3-8-20;/h1-8,15,19,24H,9-14,16,23H2;1H. The van der Waals surface area contributed by atoms with Crippen molar-refractivity contribution in [3.05, 3.63) is 65.2 Å². The molecule has 1 saturated carbocycles. The summed E-state index contributed by atoms with van der Waals surface area (Å²) in [7, 11) is 0. The zero-order chi connectivity index (χ0) is 17.5. The first-order valence-electron chi connectivity index (χ1n) is 9.09. The number of ether oxygens (including phenoxy) is 1. The number of benzene rings is 2. The number of hydrogen-bond donors (Lipinski definition) is 2. The van der Waals surface area contributed by atoms with Gasteiger partial charge in [-0.3, -0.25) is 0 Å². The zero-order valence-corrected chi connectivity index (χ0v) is 16.6. The van der Waals surface area contributed by atoms with Crippen molar-refractivity contribution < 1.29 is 4.74 Å². The van der Waals surface area contributed by atoms with Crippen LogP contribution in [0.15, 0.2) is 54.6 Å². The number of nitrogens with one attached hydrogen (secondary N) is 1. The fourth-order valence-corrected chi connectivity index (χ4v) is 3.94. The summed E-state index contributed by atoms with van der Waals surface area (Å²) in [5.41, 5.74) is 7.53. The Hall–Kier alpha value is -1.26. The minimum atomic E-state index is 0. The lowest BCUT2D eigenvalue weighted by molar-refractivity contribution is 0.237. The molecule has 3 rings (SSSR count). The quantitative estimate of drug-likeness (QED) is 0.676. The average Bonchev–Trinajstić information content (AvgIpc) is 2.67. The van der Waals surface area contributed by atoms with Gasteiger partial charge >= 0.3 is 0 Å². The molecule has 2 aromatic rings. The molecule has 1 fully saturated rings. The van der Waals surface area contributed by atoms with Crippen LogP contribution in [0.3, 0.4) is 0 Å². The molecule has 0 atom stereocenters. The number of hydrogen-bond acceptors (Lipinski definition) is 3. The summed E-state index contributed by atoms with van der Waals surface area (Å²) in [6, 6.07) is 18.7. The fourth-order valence-electron chi connectivity index (χ4n) is 3.75. The van der Waals surface area contributed by atoms with Crippen molar-refractivity contribution >= 4 is 24.0 Å². The highest BCUT2D eigenvalue weighted by atomic mass is 35.5. The van der Waals surface area contributed by atoms with E-state index in [0.717, 1.165) is 43.0 Å². The van der Waals surface area contributed by atoms with E-state index in [0.29, 0.717) is 19.2 Å². The van der Waals surface area contributed by atoms with E-state index in [1.54, 1.807) is 0 Å². The van der Waals surface area contributed by atoms with Crippen LogP contribution in [-0.2, 0) is 5.41 Å². The maximum Gasteiger partial charge on any atom is 0.119 e. The van der Waals surface area contributed by atoms with Crippen molar-refractivity contribution in [3.8, 4) is 5.75 Å². The summed E-state index contributed by atoms with van der Waals surface area (Å²) in [5, 5.41) is 4.42. The Balaban J connectivity index is 0.00000243. The van der Waals surface area contributed by atoms with Crippen LogP contribution < -0.4 is 15.8 Å². The SMILES string of the molecule is Cl.NCC1(c2cccc(Cl)c2)CCC(NCCOc2ccccc2)CC1. The van der Waals surface area contributed by atoms with Gasteiger partial charge in [-0.2, -0.15) is 0 Å². The predicted octanol–water partition coefficient (Wildman–Crippen LogP) is 4.57. The first-order chi connectivity index (χ1) is 12.2. The van der Waals surface area contributed by atoms with Crippen LogP contribution in [0.1, 0.15) is 31.2 Å². The van der Waals surface area contributed by atoms with E-state index >= 15 is 0 Å². The Morgan fingerprint density at radius 1 is 1.08 bits per heavy atom. The zero-order valence-electron chi connectivity index (χ0n) is 15.0. The second-order valence-corrected chi connectivity index (χ2v) is 7.32. The highest BCUT2D eigenvalue weighted by Gasteiger charge is 2.35. The highest BCUT2D eigenvalue weighted by molar-refractivity contribution is 6.30. The summed E-state index contributed by atoms with van der Waals surface area (Å²) >= 11 is 6.18. The molecule has 0 unspecified atom stereocenters. The van der Waals surface area contributed by atoms with E-state index in [-0.39, 0.29) is 17.8 Å². The molecule has 0 amide bonds. The molecule has 3 N–H and O–H groups in total. The van der Waals surface area contributed by atoms with Gasteiger partial charge in [0.2, 0.25) is 0 Å². The van der Waals surface area contributed by atoms with Crippen molar-refractivity contribution in [2.24, 2.45) is 5.73 Å². The number of halogens is 2. The Kier molecular flexibility index (Phi) is 8.23. The molecule has 0 bridgehead atoms. The first kappa shape index (κ1) is 21.0. The van der Waals surface area contributed by atoms with Gasteiger partial charge in [-0.25, -0.2) is 0 Å².